The quantitative estimate of drug-likeness (QED) is 0.321. The van der Waals surface area contributed by atoms with Crippen LogP contribution in [-0.4, -0.2) is 13.3 Å². The van der Waals surface area contributed by atoms with Gasteiger partial charge in [0.05, 0.1) is 24.0 Å². The third-order valence-corrected chi connectivity index (χ3v) is 15.1. The lowest BCUT2D eigenvalue weighted by Gasteiger charge is -2.45. The van der Waals surface area contributed by atoms with Crippen molar-refractivity contribution in [1.82, 2.24) is 4.98 Å². The van der Waals surface area contributed by atoms with Crippen LogP contribution < -0.4 is 0 Å². The third-order valence-electron chi connectivity index (χ3n) is 10.6. The largest absolute Gasteiger partial charge is 0.416 e. The molecule has 2 aromatic rings. The van der Waals surface area contributed by atoms with Gasteiger partial charge in [0.2, 0.25) is 0 Å². The average molecular weight is 616 g/mol. The molecule has 1 aromatic heterocycles. The molecule has 3 nitrogen and oxygen atoms in total. The van der Waals surface area contributed by atoms with Crippen molar-refractivity contribution in [3.63, 3.8) is 0 Å². The van der Waals surface area contributed by atoms with E-state index in [4.69, 9.17) is 14.1 Å². The molecule has 0 spiro atoms. The highest BCUT2D eigenvalue weighted by molar-refractivity contribution is 6.74. The minimum absolute atomic E-state index is 0.0307. The SMILES string of the molecule is C1CCCC1.CC1(C)Cc2nc3c(c(C4CCCC4)c2[C@@H](O[Si](C)(C)C(C)(C)C)C1)C(c1ccc(C(F)(F)F)cc1)OC3. The molecule has 6 rings (SSSR count). The molecular weight excluding hydrogens is 563 g/mol. The molecule has 43 heavy (non-hydrogen) atoms. The zero-order chi connectivity index (χ0) is 31.2. The van der Waals surface area contributed by atoms with Gasteiger partial charge in [-0.3, -0.25) is 4.98 Å². The Hall–Kier alpha value is -1.70. The highest BCUT2D eigenvalue weighted by atomic mass is 28.4. The number of rotatable bonds is 4. The van der Waals surface area contributed by atoms with Gasteiger partial charge in [0.15, 0.2) is 8.32 Å². The van der Waals surface area contributed by atoms with Crippen LogP contribution in [0.25, 0.3) is 0 Å². The summed E-state index contributed by atoms with van der Waals surface area (Å²) in [6, 6.07) is 5.49. The second kappa shape index (κ2) is 12.2. The summed E-state index contributed by atoms with van der Waals surface area (Å²) in [7, 11) is -2.08. The molecule has 2 heterocycles. The number of alkyl halides is 3. The van der Waals surface area contributed by atoms with E-state index in [1.54, 1.807) is 12.1 Å². The number of ether oxygens (including phenoxy) is 1. The second-order valence-corrected chi connectivity index (χ2v) is 20.5. The Balaban J connectivity index is 0.000000668. The van der Waals surface area contributed by atoms with E-state index < -0.39 is 26.2 Å². The summed E-state index contributed by atoms with van der Waals surface area (Å²) >= 11 is 0. The van der Waals surface area contributed by atoms with Gasteiger partial charge in [0.1, 0.15) is 6.10 Å². The molecule has 1 unspecified atom stereocenters. The molecule has 2 fully saturated rings. The number of nitrogens with zero attached hydrogens (tertiary/aromatic N) is 1. The topological polar surface area (TPSA) is 31.4 Å². The van der Waals surface area contributed by atoms with Crippen molar-refractivity contribution in [2.75, 3.05) is 0 Å². The number of pyridine rings is 1. The Morgan fingerprint density at radius 3 is 1.95 bits per heavy atom. The summed E-state index contributed by atoms with van der Waals surface area (Å²) in [5, 5.41) is 0.0817. The van der Waals surface area contributed by atoms with Gasteiger partial charge in [-0.2, -0.15) is 13.2 Å². The molecule has 1 aliphatic heterocycles. The van der Waals surface area contributed by atoms with Crippen molar-refractivity contribution in [3.05, 3.63) is 63.5 Å². The van der Waals surface area contributed by atoms with Crippen molar-refractivity contribution in [2.24, 2.45) is 5.41 Å². The van der Waals surface area contributed by atoms with E-state index in [9.17, 15) is 13.2 Å². The summed E-state index contributed by atoms with van der Waals surface area (Å²) in [6.07, 6.45) is 9.20. The van der Waals surface area contributed by atoms with E-state index in [1.165, 1.54) is 68.2 Å². The molecule has 0 amide bonds. The monoisotopic (exact) mass is 615 g/mol. The maximum atomic E-state index is 13.3. The molecular formula is C36H52F3NO2Si. The zero-order valence-corrected chi connectivity index (χ0v) is 28.4. The second-order valence-electron chi connectivity index (χ2n) is 15.7. The number of halogens is 3. The first-order valence-electron chi connectivity index (χ1n) is 16.6. The average Bonchev–Trinajstić information content (AvgIpc) is 3.69. The van der Waals surface area contributed by atoms with Crippen LogP contribution in [0.1, 0.15) is 156 Å². The van der Waals surface area contributed by atoms with Crippen LogP contribution in [0.2, 0.25) is 18.1 Å². The predicted molar refractivity (Wildman–Crippen MR) is 170 cm³/mol. The highest BCUT2D eigenvalue weighted by Crippen LogP contribution is 2.54. The van der Waals surface area contributed by atoms with Crippen LogP contribution in [0.3, 0.4) is 0 Å². The van der Waals surface area contributed by atoms with E-state index >= 15 is 0 Å². The van der Waals surface area contributed by atoms with Gasteiger partial charge in [-0.25, -0.2) is 0 Å². The first-order valence-corrected chi connectivity index (χ1v) is 19.5. The zero-order valence-electron chi connectivity index (χ0n) is 27.4. The van der Waals surface area contributed by atoms with Crippen LogP contribution in [0.15, 0.2) is 24.3 Å². The van der Waals surface area contributed by atoms with Gasteiger partial charge >= 0.3 is 6.18 Å². The summed E-state index contributed by atoms with van der Waals surface area (Å²) in [5.74, 6) is 0.408. The fraction of sp³-hybridized carbons (Fsp3) is 0.694. The first kappa shape index (κ1) is 32.7. The Morgan fingerprint density at radius 2 is 1.42 bits per heavy atom. The lowest BCUT2D eigenvalue weighted by molar-refractivity contribution is -0.137. The maximum Gasteiger partial charge on any atom is 0.416 e. The standard InChI is InChI=1S/C31H42F3NO2Si.C5H10/c1-29(2,3)38(6,7)37-24-17-30(4,5)16-22-26(24)25(19-10-8-9-11-19)27-23(35-22)18-36-28(27)20-12-14-21(15-13-20)31(32,33)34;1-2-4-5-3-1/h12-15,19,24,28H,8-11,16-18H2,1-7H3;1-5H2/t24-,28?;/m0./s1. The molecule has 3 aliphatic carbocycles. The fourth-order valence-electron chi connectivity index (χ4n) is 7.29. The van der Waals surface area contributed by atoms with Crippen molar-refractivity contribution in [1.29, 1.82) is 0 Å². The summed E-state index contributed by atoms with van der Waals surface area (Å²) in [5.41, 5.74) is 5.99. The number of hydrogen-bond donors (Lipinski definition) is 0. The molecule has 2 atom stereocenters. The van der Waals surface area contributed by atoms with E-state index in [1.807, 2.05) is 0 Å². The van der Waals surface area contributed by atoms with Crippen molar-refractivity contribution >= 4 is 8.32 Å². The van der Waals surface area contributed by atoms with Crippen LogP contribution in [0.4, 0.5) is 13.2 Å². The van der Waals surface area contributed by atoms with Gasteiger partial charge in [0, 0.05) is 16.8 Å². The molecule has 238 valence electrons. The number of benzene rings is 1. The van der Waals surface area contributed by atoms with E-state index in [0.29, 0.717) is 12.5 Å². The van der Waals surface area contributed by atoms with Crippen molar-refractivity contribution in [3.8, 4) is 0 Å². The fourth-order valence-corrected chi connectivity index (χ4v) is 8.56. The van der Waals surface area contributed by atoms with Crippen LogP contribution in [-0.2, 0) is 28.4 Å². The molecule has 0 N–H and O–H groups in total. The van der Waals surface area contributed by atoms with Crippen LogP contribution >= 0.6 is 0 Å². The summed E-state index contributed by atoms with van der Waals surface area (Å²) in [4.78, 5) is 5.23. The predicted octanol–water partition coefficient (Wildman–Crippen LogP) is 11.4. The Bertz CT molecular complexity index is 1260. The van der Waals surface area contributed by atoms with Gasteiger partial charge in [-0.05, 0) is 78.4 Å². The summed E-state index contributed by atoms with van der Waals surface area (Å²) < 4.78 is 53.3. The Morgan fingerprint density at radius 1 is 0.837 bits per heavy atom. The van der Waals surface area contributed by atoms with E-state index in [-0.39, 0.29) is 16.6 Å². The first-order chi connectivity index (χ1) is 20.1. The van der Waals surface area contributed by atoms with Crippen LogP contribution in [0, 0.1) is 5.41 Å². The number of aromatic nitrogens is 1. The molecule has 2 saturated carbocycles. The van der Waals surface area contributed by atoms with Gasteiger partial charge in [0.25, 0.3) is 0 Å². The molecule has 0 saturated heterocycles. The normalized spacial score (nSPS) is 24.0. The van der Waals surface area contributed by atoms with Crippen molar-refractivity contribution in [2.45, 2.75) is 154 Å². The van der Waals surface area contributed by atoms with E-state index in [0.717, 1.165) is 48.2 Å². The Labute approximate surface area is 258 Å². The van der Waals surface area contributed by atoms with Gasteiger partial charge in [-0.1, -0.05) is 91.7 Å². The minimum atomic E-state index is -4.36. The van der Waals surface area contributed by atoms with Gasteiger partial charge < -0.3 is 9.16 Å². The number of fused-ring (bicyclic) bond motifs is 2. The van der Waals surface area contributed by atoms with Crippen LogP contribution in [0.5, 0.6) is 0 Å². The van der Waals surface area contributed by atoms with E-state index in [2.05, 4.69) is 47.7 Å². The molecule has 1 aromatic carbocycles. The van der Waals surface area contributed by atoms with Gasteiger partial charge in [-0.15, -0.1) is 0 Å². The minimum Gasteiger partial charge on any atom is -0.410 e. The number of hydrogen-bond acceptors (Lipinski definition) is 3. The third kappa shape index (κ3) is 7.09. The smallest absolute Gasteiger partial charge is 0.410 e. The maximum absolute atomic E-state index is 13.3. The lowest BCUT2D eigenvalue weighted by atomic mass is 9.71. The summed E-state index contributed by atoms with van der Waals surface area (Å²) in [6.45, 7) is 16.5. The molecule has 0 radical (unpaired) electrons. The lowest BCUT2D eigenvalue weighted by Crippen LogP contribution is -2.44. The molecule has 0 bridgehead atoms. The molecule has 4 aliphatic rings. The highest BCUT2D eigenvalue weighted by Gasteiger charge is 2.46. The molecule has 7 heteroatoms. The van der Waals surface area contributed by atoms with Crippen molar-refractivity contribution < 1.29 is 22.3 Å². The Kier molecular flexibility index (Phi) is 9.30.